The molecule has 2 fully saturated rings. The lowest BCUT2D eigenvalue weighted by Gasteiger charge is -2.41. The van der Waals surface area contributed by atoms with Crippen LogP contribution in [0.4, 0.5) is 8.78 Å². The molecule has 32 heavy (non-hydrogen) atoms. The summed E-state index contributed by atoms with van der Waals surface area (Å²) in [7, 11) is 0. The van der Waals surface area contributed by atoms with E-state index in [4.69, 9.17) is 0 Å². The third-order valence-corrected chi connectivity index (χ3v) is 8.09. The van der Waals surface area contributed by atoms with Crippen molar-refractivity contribution in [2.75, 3.05) is 13.1 Å². The Kier molecular flexibility index (Phi) is 7.34. The van der Waals surface area contributed by atoms with Crippen molar-refractivity contribution in [2.24, 2.45) is 0 Å². The van der Waals surface area contributed by atoms with Gasteiger partial charge in [-0.1, -0.05) is 62.4 Å². The summed E-state index contributed by atoms with van der Waals surface area (Å²) in [5, 5.41) is 0. The molecular weight excluding hydrogens is 400 g/mol. The van der Waals surface area contributed by atoms with Gasteiger partial charge < -0.3 is 4.90 Å². The predicted octanol–water partition coefficient (Wildman–Crippen LogP) is 7.66. The lowest BCUT2D eigenvalue weighted by molar-refractivity contribution is 0.0511. The van der Waals surface area contributed by atoms with Gasteiger partial charge in [0.25, 0.3) is 0 Å². The van der Waals surface area contributed by atoms with Crippen LogP contribution in [0, 0.1) is 0 Å². The van der Waals surface area contributed by atoms with Crippen LogP contribution in [0.2, 0.25) is 0 Å². The molecule has 0 saturated heterocycles. The third-order valence-electron chi connectivity index (χ3n) is 8.09. The first-order valence-corrected chi connectivity index (χ1v) is 12.8. The van der Waals surface area contributed by atoms with Crippen molar-refractivity contribution in [1.82, 2.24) is 4.90 Å². The van der Waals surface area contributed by atoms with Gasteiger partial charge in [-0.15, -0.1) is 0 Å². The van der Waals surface area contributed by atoms with Crippen molar-refractivity contribution in [1.29, 1.82) is 0 Å². The Bertz CT molecular complexity index is 832. The molecule has 174 valence electrons. The maximum atomic E-state index is 15.6. The molecular formula is C29H39F2N. The van der Waals surface area contributed by atoms with Crippen LogP contribution < -0.4 is 0 Å². The standard InChI is InChI=1S/C29H39F2N/c1-3-24(32(4-2)22-17-23-11-6-5-7-12-23)15-16-25-26(28(30)18-9-19-28)13-8-14-27(25)29(31)20-10-21-29/h5-8,11-14,24H,3-4,9-10,15-22H2,1-2H3. The summed E-state index contributed by atoms with van der Waals surface area (Å²) < 4.78 is 31.2. The maximum absolute atomic E-state index is 15.6. The van der Waals surface area contributed by atoms with Gasteiger partial charge in [0.05, 0.1) is 0 Å². The normalized spacial score (nSPS) is 19.9. The Morgan fingerprint density at radius 2 is 1.41 bits per heavy atom. The first-order chi connectivity index (χ1) is 15.5. The minimum Gasteiger partial charge on any atom is -0.300 e. The predicted molar refractivity (Wildman–Crippen MR) is 130 cm³/mol. The number of alkyl halides is 2. The number of hydrogen-bond donors (Lipinski definition) is 0. The van der Waals surface area contributed by atoms with Crippen LogP contribution in [-0.4, -0.2) is 24.0 Å². The highest BCUT2D eigenvalue weighted by Crippen LogP contribution is 2.51. The number of hydrogen-bond acceptors (Lipinski definition) is 1. The van der Waals surface area contributed by atoms with E-state index in [-0.39, 0.29) is 0 Å². The molecule has 2 aliphatic rings. The van der Waals surface area contributed by atoms with Gasteiger partial charge >= 0.3 is 0 Å². The van der Waals surface area contributed by atoms with E-state index in [9.17, 15) is 0 Å². The van der Waals surface area contributed by atoms with Crippen LogP contribution in [-0.2, 0) is 24.2 Å². The number of halogens is 2. The van der Waals surface area contributed by atoms with Crippen LogP contribution in [0.15, 0.2) is 48.5 Å². The largest absolute Gasteiger partial charge is 0.300 e. The van der Waals surface area contributed by atoms with Crippen molar-refractivity contribution in [2.45, 2.75) is 95.4 Å². The van der Waals surface area contributed by atoms with E-state index in [1.165, 1.54) is 5.56 Å². The van der Waals surface area contributed by atoms with Gasteiger partial charge in [-0.25, -0.2) is 8.78 Å². The molecule has 0 N–H and O–H groups in total. The number of nitrogens with zero attached hydrogens (tertiary/aromatic N) is 1. The van der Waals surface area contributed by atoms with E-state index in [0.717, 1.165) is 68.3 Å². The molecule has 1 atom stereocenters. The van der Waals surface area contributed by atoms with Crippen LogP contribution in [0.1, 0.15) is 87.5 Å². The Balaban J connectivity index is 1.51. The summed E-state index contributed by atoms with van der Waals surface area (Å²) in [6.07, 6.45) is 8.00. The minimum atomic E-state index is -1.25. The highest BCUT2D eigenvalue weighted by molar-refractivity contribution is 5.44. The van der Waals surface area contributed by atoms with Gasteiger partial charge in [0, 0.05) is 12.6 Å². The van der Waals surface area contributed by atoms with Gasteiger partial charge in [0.1, 0.15) is 11.3 Å². The molecule has 0 amide bonds. The average Bonchev–Trinajstić information content (AvgIpc) is 2.78. The van der Waals surface area contributed by atoms with E-state index in [1.807, 2.05) is 18.2 Å². The van der Waals surface area contributed by atoms with E-state index in [1.54, 1.807) is 0 Å². The minimum absolute atomic E-state index is 0.429. The molecule has 0 aliphatic heterocycles. The lowest BCUT2D eigenvalue weighted by atomic mass is 9.69. The molecule has 4 rings (SSSR count). The second-order valence-corrected chi connectivity index (χ2v) is 9.93. The third kappa shape index (κ3) is 4.78. The number of rotatable bonds is 11. The molecule has 0 spiro atoms. The molecule has 2 aromatic rings. The Morgan fingerprint density at radius 3 is 1.88 bits per heavy atom. The van der Waals surface area contributed by atoms with Gasteiger partial charge in [-0.05, 0) is 93.0 Å². The fourth-order valence-electron chi connectivity index (χ4n) is 5.68. The second-order valence-electron chi connectivity index (χ2n) is 9.93. The molecule has 2 saturated carbocycles. The van der Waals surface area contributed by atoms with Gasteiger partial charge in [0.15, 0.2) is 0 Å². The highest BCUT2D eigenvalue weighted by Gasteiger charge is 2.45. The van der Waals surface area contributed by atoms with Crippen LogP contribution in [0.5, 0.6) is 0 Å². The van der Waals surface area contributed by atoms with Gasteiger partial charge in [-0.2, -0.15) is 0 Å². The summed E-state index contributed by atoms with van der Waals surface area (Å²) in [6, 6.07) is 16.8. The number of likely N-dealkylation sites (N-methyl/N-ethyl adjacent to an activating group) is 1. The molecule has 0 aromatic heterocycles. The van der Waals surface area contributed by atoms with Crippen LogP contribution in [0.3, 0.4) is 0 Å². The SMILES string of the molecule is CCC(CCc1c(C2(F)CCC2)cccc1C1(F)CCC1)N(CC)CCc1ccccc1. The zero-order valence-corrected chi connectivity index (χ0v) is 19.9. The van der Waals surface area contributed by atoms with E-state index >= 15 is 8.78 Å². The molecule has 0 bridgehead atoms. The van der Waals surface area contributed by atoms with E-state index < -0.39 is 11.3 Å². The Morgan fingerprint density at radius 1 is 0.812 bits per heavy atom. The molecule has 2 aromatic carbocycles. The smallest absolute Gasteiger partial charge is 0.136 e. The molecule has 3 heteroatoms. The van der Waals surface area contributed by atoms with Crippen molar-refractivity contribution < 1.29 is 8.78 Å². The second kappa shape index (κ2) is 10.0. The highest BCUT2D eigenvalue weighted by atomic mass is 19.1. The monoisotopic (exact) mass is 439 g/mol. The fourth-order valence-corrected chi connectivity index (χ4v) is 5.68. The summed E-state index contributed by atoms with van der Waals surface area (Å²) in [6.45, 7) is 6.49. The Hall–Kier alpha value is -1.74. The molecule has 0 radical (unpaired) electrons. The molecule has 1 unspecified atom stereocenters. The molecule has 2 aliphatic carbocycles. The first kappa shape index (κ1) is 23.4. The zero-order chi connectivity index (χ0) is 22.6. The molecule has 0 heterocycles. The molecule has 1 nitrogen and oxygen atoms in total. The first-order valence-electron chi connectivity index (χ1n) is 12.8. The summed E-state index contributed by atoms with van der Waals surface area (Å²) in [5.41, 5.74) is 1.42. The average molecular weight is 440 g/mol. The zero-order valence-electron chi connectivity index (χ0n) is 19.9. The fraction of sp³-hybridized carbons (Fsp3) is 0.586. The van der Waals surface area contributed by atoms with Crippen molar-refractivity contribution in [3.63, 3.8) is 0 Å². The Labute approximate surface area is 193 Å². The maximum Gasteiger partial charge on any atom is 0.136 e. The summed E-state index contributed by atoms with van der Waals surface area (Å²) >= 11 is 0. The van der Waals surface area contributed by atoms with Crippen molar-refractivity contribution in [3.8, 4) is 0 Å². The summed E-state index contributed by atoms with van der Waals surface area (Å²) in [4.78, 5) is 2.55. The van der Waals surface area contributed by atoms with Crippen molar-refractivity contribution in [3.05, 3.63) is 70.8 Å². The van der Waals surface area contributed by atoms with E-state index in [2.05, 4.69) is 49.1 Å². The lowest BCUT2D eigenvalue weighted by Crippen LogP contribution is -2.38. The van der Waals surface area contributed by atoms with E-state index in [0.29, 0.717) is 31.7 Å². The van der Waals surface area contributed by atoms with Gasteiger partial charge in [0.2, 0.25) is 0 Å². The van der Waals surface area contributed by atoms with Crippen LogP contribution in [0.25, 0.3) is 0 Å². The topological polar surface area (TPSA) is 3.24 Å². The quantitative estimate of drug-likeness (QED) is 0.347. The van der Waals surface area contributed by atoms with Crippen LogP contribution >= 0.6 is 0 Å². The number of benzene rings is 2. The summed E-state index contributed by atoms with van der Waals surface area (Å²) in [5.74, 6) is 0. The van der Waals surface area contributed by atoms with Crippen molar-refractivity contribution >= 4 is 0 Å². The van der Waals surface area contributed by atoms with Gasteiger partial charge in [-0.3, -0.25) is 0 Å².